The lowest BCUT2D eigenvalue weighted by Crippen LogP contribution is -2.49. The van der Waals surface area contributed by atoms with Crippen molar-refractivity contribution in [1.29, 1.82) is 0 Å². The first kappa shape index (κ1) is 15.0. The first-order valence-corrected chi connectivity index (χ1v) is 8.29. The molecule has 126 valence electrons. The van der Waals surface area contributed by atoms with Gasteiger partial charge in [0.25, 0.3) is 0 Å². The van der Waals surface area contributed by atoms with Gasteiger partial charge in [-0.15, -0.1) is 0 Å². The minimum absolute atomic E-state index is 0.211. The number of carbonyl (C=O) groups is 2. The van der Waals surface area contributed by atoms with Crippen LogP contribution in [-0.2, 0) is 11.8 Å². The van der Waals surface area contributed by atoms with Gasteiger partial charge in [0.05, 0.1) is 11.2 Å². The normalized spacial score (nSPS) is 19.0. The molecule has 7 nitrogen and oxygen atoms in total. The van der Waals surface area contributed by atoms with Crippen LogP contribution in [0.2, 0.25) is 0 Å². The Kier molecular flexibility index (Phi) is 3.65. The van der Waals surface area contributed by atoms with Gasteiger partial charge in [-0.25, -0.2) is 4.79 Å². The second-order valence-corrected chi connectivity index (χ2v) is 6.32. The molecule has 2 fully saturated rings. The number of nitrogens with one attached hydrogen (secondary N) is 2. The summed E-state index contributed by atoms with van der Waals surface area (Å²) in [4.78, 5) is 27.4. The monoisotopic (exact) mass is 327 g/mol. The summed E-state index contributed by atoms with van der Waals surface area (Å²) in [6.45, 7) is 4.41. The molecule has 7 heteroatoms. The number of anilines is 2. The molecule has 4 rings (SSSR count). The highest BCUT2D eigenvalue weighted by atomic mass is 16.2. The van der Waals surface area contributed by atoms with Gasteiger partial charge < -0.3 is 14.8 Å². The SMILES string of the molecule is Cn1cc(N2CCNCC2)c2ccc(N3CCC(=O)NC3=O)cc21. The van der Waals surface area contributed by atoms with Crippen molar-refractivity contribution in [2.45, 2.75) is 6.42 Å². The van der Waals surface area contributed by atoms with Crippen molar-refractivity contribution < 1.29 is 9.59 Å². The van der Waals surface area contributed by atoms with Crippen LogP contribution < -0.4 is 20.4 Å². The molecule has 2 aliphatic rings. The molecular formula is C17H21N5O2. The standard InChI is InChI=1S/C17H21N5O2/c1-20-11-15(21-8-5-18-6-9-21)13-3-2-12(10-14(13)20)22-7-4-16(23)19-17(22)24/h2-3,10-11,18H,4-9H2,1H3,(H,19,23,24). The van der Waals surface area contributed by atoms with E-state index < -0.39 is 0 Å². The number of amides is 3. The van der Waals surface area contributed by atoms with Gasteiger partial charge in [-0.2, -0.15) is 0 Å². The number of piperazine rings is 1. The van der Waals surface area contributed by atoms with Crippen LogP contribution in [0.25, 0.3) is 10.9 Å². The maximum absolute atomic E-state index is 12.1. The number of aryl methyl sites for hydroxylation is 1. The van der Waals surface area contributed by atoms with Crippen molar-refractivity contribution in [3.05, 3.63) is 24.4 Å². The Morgan fingerprint density at radius 3 is 2.62 bits per heavy atom. The molecule has 0 spiro atoms. The van der Waals surface area contributed by atoms with Crippen LogP contribution in [0.15, 0.2) is 24.4 Å². The number of urea groups is 1. The van der Waals surface area contributed by atoms with Crippen LogP contribution in [0.5, 0.6) is 0 Å². The van der Waals surface area contributed by atoms with Gasteiger partial charge in [-0.1, -0.05) is 0 Å². The fourth-order valence-corrected chi connectivity index (χ4v) is 3.49. The van der Waals surface area contributed by atoms with E-state index in [1.54, 1.807) is 4.90 Å². The summed E-state index contributed by atoms with van der Waals surface area (Å²) in [7, 11) is 2.03. The van der Waals surface area contributed by atoms with Gasteiger partial charge in [0, 0.05) is 63.5 Å². The van der Waals surface area contributed by atoms with E-state index in [1.165, 1.54) is 11.1 Å². The molecule has 0 saturated carbocycles. The van der Waals surface area contributed by atoms with Gasteiger partial charge in [0.2, 0.25) is 5.91 Å². The summed E-state index contributed by atoms with van der Waals surface area (Å²) in [5.41, 5.74) is 3.14. The van der Waals surface area contributed by atoms with Gasteiger partial charge in [-0.3, -0.25) is 15.0 Å². The number of aromatic nitrogens is 1. The van der Waals surface area contributed by atoms with E-state index in [4.69, 9.17) is 0 Å². The fraction of sp³-hybridized carbons (Fsp3) is 0.412. The Morgan fingerprint density at radius 2 is 1.88 bits per heavy atom. The van der Waals surface area contributed by atoms with Crippen molar-refractivity contribution in [1.82, 2.24) is 15.2 Å². The summed E-state index contributed by atoms with van der Waals surface area (Å²) in [5, 5.41) is 6.94. The van der Waals surface area contributed by atoms with E-state index in [2.05, 4.69) is 32.4 Å². The van der Waals surface area contributed by atoms with Gasteiger partial charge >= 0.3 is 6.03 Å². The molecule has 24 heavy (non-hydrogen) atoms. The van der Waals surface area contributed by atoms with Gasteiger partial charge in [0.1, 0.15) is 0 Å². The van der Waals surface area contributed by atoms with Crippen LogP contribution in [0.1, 0.15) is 6.42 Å². The van der Waals surface area contributed by atoms with E-state index in [9.17, 15) is 9.59 Å². The summed E-state index contributed by atoms with van der Waals surface area (Å²) >= 11 is 0. The Morgan fingerprint density at radius 1 is 1.08 bits per heavy atom. The lowest BCUT2D eigenvalue weighted by atomic mass is 10.1. The molecule has 2 aromatic rings. The summed E-state index contributed by atoms with van der Waals surface area (Å²) in [6.07, 6.45) is 2.49. The molecule has 3 heterocycles. The van der Waals surface area contributed by atoms with Crippen LogP contribution in [0, 0.1) is 0 Å². The molecule has 0 bridgehead atoms. The number of nitrogens with zero attached hydrogens (tertiary/aromatic N) is 3. The highest BCUT2D eigenvalue weighted by molar-refractivity contribution is 6.06. The fourth-order valence-electron chi connectivity index (χ4n) is 3.49. The molecule has 2 saturated heterocycles. The third-order valence-corrected chi connectivity index (χ3v) is 4.78. The Bertz CT molecular complexity index is 807. The molecule has 0 radical (unpaired) electrons. The van der Waals surface area contributed by atoms with Gasteiger partial charge in [0.15, 0.2) is 0 Å². The Labute approximate surface area is 140 Å². The zero-order valence-electron chi connectivity index (χ0n) is 13.7. The number of hydrogen-bond donors (Lipinski definition) is 2. The van der Waals surface area contributed by atoms with E-state index >= 15 is 0 Å². The average Bonchev–Trinajstić information content (AvgIpc) is 2.92. The molecule has 3 amide bonds. The lowest BCUT2D eigenvalue weighted by Gasteiger charge is -2.29. The quantitative estimate of drug-likeness (QED) is 0.864. The first-order valence-electron chi connectivity index (χ1n) is 8.29. The van der Waals surface area contributed by atoms with Crippen LogP contribution in [0.4, 0.5) is 16.2 Å². The van der Waals surface area contributed by atoms with E-state index in [0.717, 1.165) is 37.4 Å². The molecule has 1 aromatic heterocycles. The van der Waals surface area contributed by atoms with Crippen molar-refractivity contribution >= 4 is 34.2 Å². The Hall–Kier alpha value is -2.54. The molecule has 0 unspecified atom stereocenters. The zero-order valence-corrected chi connectivity index (χ0v) is 13.7. The third kappa shape index (κ3) is 2.50. The molecule has 1 aromatic carbocycles. The number of benzene rings is 1. The second kappa shape index (κ2) is 5.83. The molecule has 2 aliphatic heterocycles. The largest absolute Gasteiger partial charge is 0.367 e. The highest BCUT2D eigenvalue weighted by Crippen LogP contribution is 2.32. The van der Waals surface area contributed by atoms with Crippen LogP contribution >= 0.6 is 0 Å². The zero-order chi connectivity index (χ0) is 16.7. The topological polar surface area (TPSA) is 69.6 Å². The second-order valence-electron chi connectivity index (χ2n) is 6.32. The van der Waals surface area contributed by atoms with E-state index in [0.29, 0.717) is 13.0 Å². The van der Waals surface area contributed by atoms with E-state index in [-0.39, 0.29) is 11.9 Å². The average molecular weight is 327 g/mol. The predicted octanol–water partition coefficient (Wildman–Crippen LogP) is 1.03. The summed E-state index contributed by atoms with van der Waals surface area (Å²) in [6, 6.07) is 5.72. The molecular weight excluding hydrogens is 306 g/mol. The summed E-state index contributed by atoms with van der Waals surface area (Å²) in [5.74, 6) is -0.211. The van der Waals surface area contributed by atoms with Gasteiger partial charge in [-0.05, 0) is 18.2 Å². The Balaban J connectivity index is 1.70. The first-order chi connectivity index (χ1) is 11.6. The van der Waals surface area contributed by atoms with Crippen molar-refractivity contribution in [2.24, 2.45) is 7.05 Å². The number of hydrogen-bond acceptors (Lipinski definition) is 4. The third-order valence-electron chi connectivity index (χ3n) is 4.78. The van der Waals surface area contributed by atoms with Crippen LogP contribution in [-0.4, -0.2) is 49.2 Å². The summed E-state index contributed by atoms with van der Waals surface area (Å²) < 4.78 is 2.10. The number of carbonyl (C=O) groups excluding carboxylic acids is 2. The number of fused-ring (bicyclic) bond motifs is 1. The van der Waals surface area contributed by atoms with Crippen molar-refractivity contribution in [3.8, 4) is 0 Å². The lowest BCUT2D eigenvalue weighted by molar-refractivity contribution is -0.120. The van der Waals surface area contributed by atoms with Crippen LogP contribution in [0.3, 0.4) is 0 Å². The van der Waals surface area contributed by atoms with E-state index in [1.807, 2.05) is 19.2 Å². The smallest absolute Gasteiger partial charge is 0.328 e. The number of imide groups is 1. The number of rotatable bonds is 2. The minimum Gasteiger partial charge on any atom is -0.367 e. The molecule has 0 aliphatic carbocycles. The maximum atomic E-state index is 12.1. The minimum atomic E-state index is -0.345. The predicted molar refractivity (Wildman–Crippen MR) is 93.5 cm³/mol. The maximum Gasteiger partial charge on any atom is 0.328 e. The van der Waals surface area contributed by atoms with Crippen molar-refractivity contribution in [3.63, 3.8) is 0 Å². The molecule has 0 atom stereocenters. The molecule has 2 N–H and O–H groups in total. The van der Waals surface area contributed by atoms with Crippen molar-refractivity contribution in [2.75, 3.05) is 42.5 Å². The highest BCUT2D eigenvalue weighted by Gasteiger charge is 2.25.